The molecule has 1 unspecified atom stereocenters. The van der Waals surface area contributed by atoms with Gasteiger partial charge >= 0.3 is 0 Å². The highest BCUT2D eigenvalue weighted by Crippen LogP contribution is 2.21. The molecule has 3 rings (SSSR count). The van der Waals surface area contributed by atoms with Crippen LogP contribution in [0, 0.1) is 0 Å². The molecule has 1 saturated heterocycles. The molecule has 0 radical (unpaired) electrons. The maximum absolute atomic E-state index is 12.5. The maximum atomic E-state index is 12.5. The Bertz CT molecular complexity index is 645. The molecule has 2 aromatic rings. The van der Waals surface area contributed by atoms with Crippen LogP contribution in [-0.2, 0) is 11.3 Å². The zero-order valence-corrected chi connectivity index (χ0v) is 14.4. The summed E-state index contributed by atoms with van der Waals surface area (Å²) in [5.74, 6) is 0.0300. The number of hydrogen-bond acceptors (Lipinski definition) is 2. The van der Waals surface area contributed by atoms with Gasteiger partial charge in [0.2, 0.25) is 5.91 Å². The van der Waals surface area contributed by atoms with Crippen LogP contribution in [0.2, 0.25) is 0 Å². The van der Waals surface area contributed by atoms with E-state index in [4.69, 9.17) is 0 Å². The molecule has 1 heterocycles. The number of benzene rings is 2. The van der Waals surface area contributed by atoms with Crippen LogP contribution in [0.15, 0.2) is 54.6 Å². The summed E-state index contributed by atoms with van der Waals surface area (Å²) in [6.07, 6.45) is 3.38. The van der Waals surface area contributed by atoms with E-state index < -0.39 is 0 Å². The second-order valence-electron chi connectivity index (χ2n) is 6.45. The molecule has 0 saturated carbocycles. The van der Waals surface area contributed by atoms with Gasteiger partial charge in [0.1, 0.15) is 0 Å². The SMILES string of the molecule is CCC(C(=O)NCc1ccc(N2CCCC2)cc1)c1ccccc1. The van der Waals surface area contributed by atoms with Crippen LogP contribution in [-0.4, -0.2) is 19.0 Å². The Balaban J connectivity index is 1.57. The van der Waals surface area contributed by atoms with Crippen molar-refractivity contribution in [3.8, 4) is 0 Å². The molecule has 1 N–H and O–H groups in total. The van der Waals surface area contributed by atoms with E-state index in [1.807, 2.05) is 30.3 Å². The Hall–Kier alpha value is -2.29. The third-order valence-corrected chi connectivity index (χ3v) is 4.80. The van der Waals surface area contributed by atoms with Crippen LogP contribution in [0.1, 0.15) is 43.2 Å². The van der Waals surface area contributed by atoms with Gasteiger partial charge in [-0.15, -0.1) is 0 Å². The number of amides is 1. The van der Waals surface area contributed by atoms with Crippen LogP contribution < -0.4 is 10.2 Å². The Labute approximate surface area is 144 Å². The molecule has 3 nitrogen and oxygen atoms in total. The predicted molar refractivity (Wildman–Crippen MR) is 99.2 cm³/mol. The zero-order valence-electron chi connectivity index (χ0n) is 14.4. The first-order valence-electron chi connectivity index (χ1n) is 8.94. The lowest BCUT2D eigenvalue weighted by atomic mass is 9.95. The third kappa shape index (κ3) is 3.97. The highest BCUT2D eigenvalue weighted by atomic mass is 16.1. The van der Waals surface area contributed by atoms with E-state index in [2.05, 4.69) is 41.4 Å². The van der Waals surface area contributed by atoms with Crippen molar-refractivity contribution >= 4 is 11.6 Å². The Morgan fingerprint density at radius 1 is 1.04 bits per heavy atom. The normalized spacial score (nSPS) is 15.3. The topological polar surface area (TPSA) is 32.3 Å². The third-order valence-electron chi connectivity index (χ3n) is 4.80. The van der Waals surface area contributed by atoms with Gasteiger partial charge in [0, 0.05) is 25.3 Å². The van der Waals surface area contributed by atoms with E-state index in [1.54, 1.807) is 0 Å². The van der Waals surface area contributed by atoms with Crippen LogP contribution in [0.5, 0.6) is 0 Å². The van der Waals surface area contributed by atoms with Crippen molar-refractivity contribution in [2.24, 2.45) is 0 Å². The molecule has 1 aliphatic rings. The number of rotatable bonds is 6. The van der Waals surface area contributed by atoms with Crippen LogP contribution in [0.4, 0.5) is 5.69 Å². The van der Waals surface area contributed by atoms with Gasteiger partial charge in [0.15, 0.2) is 0 Å². The quantitative estimate of drug-likeness (QED) is 0.868. The number of nitrogens with one attached hydrogen (secondary N) is 1. The van der Waals surface area contributed by atoms with E-state index in [9.17, 15) is 4.79 Å². The summed E-state index contributed by atoms with van der Waals surface area (Å²) in [6.45, 7) is 4.96. The van der Waals surface area contributed by atoms with Gasteiger partial charge < -0.3 is 10.2 Å². The van der Waals surface area contributed by atoms with Gasteiger partial charge in [-0.3, -0.25) is 4.79 Å². The maximum Gasteiger partial charge on any atom is 0.227 e. The van der Waals surface area contributed by atoms with E-state index in [0.717, 1.165) is 30.6 Å². The fourth-order valence-electron chi connectivity index (χ4n) is 3.37. The molecule has 1 amide bonds. The second kappa shape index (κ2) is 8.00. The Morgan fingerprint density at radius 2 is 1.71 bits per heavy atom. The zero-order chi connectivity index (χ0) is 16.8. The van der Waals surface area contributed by atoms with Gasteiger partial charge in [-0.2, -0.15) is 0 Å². The van der Waals surface area contributed by atoms with Crippen molar-refractivity contribution in [2.45, 2.75) is 38.6 Å². The molecule has 0 bridgehead atoms. The number of carbonyl (C=O) groups is 1. The van der Waals surface area contributed by atoms with Crippen molar-refractivity contribution in [3.05, 3.63) is 65.7 Å². The summed E-state index contributed by atoms with van der Waals surface area (Å²) >= 11 is 0. The van der Waals surface area contributed by atoms with Gasteiger partial charge in [0.25, 0.3) is 0 Å². The minimum absolute atomic E-state index is 0.0740. The molecule has 1 aliphatic heterocycles. The molecule has 3 heteroatoms. The molecule has 24 heavy (non-hydrogen) atoms. The fraction of sp³-hybridized carbons (Fsp3) is 0.381. The largest absolute Gasteiger partial charge is 0.372 e. The van der Waals surface area contributed by atoms with Crippen molar-refractivity contribution in [2.75, 3.05) is 18.0 Å². The molecule has 0 spiro atoms. The standard InChI is InChI=1S/C21H26N2O/c1-2-20(18-8-4-3-5-9-18)21(24)22-16-17-10-12-19(13-11-17)23-14-6-7-15-23/h3-5,8-13,20H,2,6-7,14-16H2,1H3,(H,22,24). The number of anilines is 1. The van der Waals surface area contributed by atoms with Crippen molar-refractivity contribution in [3.63, 3.8) is 0 Å². The highest BCUT2D eigenvalue weighted by Gasteiger charge is 2.18. The van der Waals surface area contributed by atoms with E-state index in [-0.39, 0.29) is 11.8 Å². The first-order chi connectivity index (χ1) is 11.8. The summed E-state index contributed by atoms with van der Waals surface area (Å²) in [7, 11) is 0. The lowest BCUT2D eigenvalue weighted by Gasteiger charge is -2.18. The molecule has 0 aliphatic carbocycles. The first kappa shape index (κ1) is 16.6. The summed E-state index contributed by atoms with van der Waals surface area (Å²) in [6, 6.07) is 18.6. The first-order valence-corrected chi connectivity index (χ1v) is 8.94. The fourth-order valence-corrected chi connectivity index (χ4v) is 3.37. The Morgan fingerprint density at radius 3 is 2.33 bits per heavy atom. The minimum atomic E-state index is -0.0740. The van der Waals surface area contributed by atoms with Gasteiger partial charge in [-0.25, -0.2) is 0 Å². The van der Waals surface area contributed by atoms with Gasteiger partial charge in [0.05, 0.1) is 5.92 Å². The number of carbonyl (C=O) groups excluding carboxylic acids is 1. The molecule has 1 atom stereocenters. The average molecular weight is 322 g/mol. The summed E-state index contributed by atoms with van der Waals surface area (Å²) < 4.78 is 0. The van der Waals surface area contributed by atoms with Gasteiger partial charge in [-0.05, 0) is 42.5 Å². The van der Waals surface area contributed by atoms with E-state index >= 15 is 0 Å². The van der Waals surface area contributed by atoms with E-state index in [1.165, 1.54) is 18.5 Å². The molecule has 126 valence electrons. The summed E-state index contributed by atoms with van der Waals surface area (Å²) in [5.41, 5.74) is 3.52. The molecule has 2 aromatic carbocycles. The minimum Gasteiger partial charge on any atom is -0.372 e. The van der Waals surface area contributed by atoms with Crippen molar-refractivity contribution in [1.82, 2.24) is 5.32 Å². The second-order valence-corrected chi connectivity index (χ2v) is 6.45. The summed E-state index contributed by atoms with van der Waals surface area (Å²) in [5, 5.41) is 3.08. The lowest BCUT2D eigenvalue weighted by molar-refractivity contribution is -0.122. The van der Waals surface area contributed by atoms with Crippen LogP contribution in [0.25, 0.3) is 0 Å². The number of nitrogens with zero attached hydrogens (tertiary/aromatic N) is 1. The molecule has 0 aromatic heterocycles. The van der Waals surface area contributed by atoms with Crippen LogP contribution >= 0.6 is 0 Å². The smallest absolute Gasteiger partial charge is 0.227 e. The Kier molecular flexibility index (Phi) is 5.52. The monoisotopic (exact) mass is 322 g/mol. The summed E-state index contributed by atoms with van der Waals surface area (Å²) in [4.78, 5) is 14.9. The van der Waals surface area contributed by atoms with Crippen molar-refractivity contribution < 1.29 is 4.79 Å². The lowest BCUT2D eigenvalue weighted by Crippen LogP contribution is -2.28. The van der Waals surface area contributed by atoms with Crippen LogP contribution in [0.3, 0.4) is 0 Å². The van der Waals surface area contributed by atoms with E-state index in [0.29, 0.717) is 6.54 Å². The molecule has 1 fully saturated rings. The van der Waals surface area contributed by atoms with Gasteiger partial charge in [-0.1, -0.05) is 49.4 Å². The number of hydrogen-bond donors (Lipinski definition) is 1. The molecular weight excluding hydrogens is 296 g/mol. The predicted octanol–water partition coefficient (Wildman–Crippen LogP) is 4.10. The van der Waals surface area contributed by atoms with Crippen molar-refractivity contribution in [1.29, 1.82) is 0 Å². The molecular formula is C21H26N2O. The highest BCUT2D eigenvalue weighted by molar-refractivity contribution is 5.83. The average Bonchev–Trinajstić information content (AvgIpc) is 3.17.